The van der Waals surface area contributed by atoms with Crippen LogP contribution in [0.3, 0.4) is 0 Å². The van der Waals surface area contributed by atoms with Gasteiger partial charge in [0, 0.05) is 30.9 Å². The van der Waals surface area contributed by atoms with Crippen LogP contribution in [0.25, 0.3) is 0 Å². The van der Waals surface area contributed by atoms with Crippen molar-refractivity contribution >= 4 is 35.1 Å². The van der Waals surface area contributed by atoms with Crippen LogP contribution in [-0.2, 0) is 4.79 Å². The summed E-state index contributed by atoms with van der Waals surface area (Å²) in [7, 11) is 1.59. The van der Waals surface area contributed by atoms with E-state index in [4.69, 9.17) is 9.47 Å². The predicted octanol–water partition coefficient (Wildman–Crippen LogP) is 4.63. The molecule has 3 atom stereocenters. The van der Waals surface area contributed by atoms with Crippen LogP contribution in [0.1, 0.15) is 30.0 Å². The number of rotatable bonds is 6. The Balaban J connectivity index is 1.25. The molecule has 0 aliphatic carbocycles. The van der Waals surface area contributed by atoms with E-state index in [1.54, 1.807) is 23.1 Å². The van der Waals surface area contributed by atoms with Gasteiger partial charge in [-0.05, 0) is 61.7 Å². The lowest BCUT2D eigenvalue weighted by molar-refractivity contribution is -0.121. The summed E-state index contributed by atoms with van der Waals surface area (Å²) in [5.41, 5.74) is 3.08. The van der Waals surface area contributed by atoms with Crippen LogP contribution in [0.5, 0.6) is 17.2 Å². The number of aryl methyl sites for hydroxylation is 1. The van der Waals surface area contributed by atoms with Gasteiger partial charge in [-0.1, -0.05) is 23.9 Å². The molecule has 0 radical (unpaired) electrons. The molecule has 40 heavy (non-hydrogen) atoms. The van der Waals surface area contributed by atoms with Crippen molar-refractivity contribution in [3.63, 3.8) is 0 Å². The summed E-state index contributed by atoms with van der Waals surface area (Å²) in [6.45, 7) is 3.13. The van der Waals surface area contributed by atoms with Crippen molar-refractivity contribution in [2.45, 2.75) is 42.1 Å². The molecule has 6 rings (SSSR count). The first-order valence-corrected chi connectivity index (χ1v) is 14.0. The van der Waals surface area contributed by atoms with Crippen LogP contribution >= 0.6 is 11.8 Å². The van der Waals surface area contributed by atoms with Crippen LogP contribution in [0.2, 0.25) is 0 Å². The Morgan fingerprint density at radius 2 is 2.02 bits per heavy atom. The number of anilines is 2. The summed E-state index contributed by atoms with van der Waals surface area (Å²) in [6.07, 6.45) is 5.51. The van der Waals surface area contributed by atoms with Crippen LogP contribution in [0.4, 0.5) is 16.2 Å². The van der Waals surface area contributed by atoms with E-state index < -0.39 is 11.3 Å². The number of nitriles is 1. The average Bonchev–Trinajstić information content (AvgIpc) is 3.34. The number of hydrogen-bond donors (Lipinski definition) is 2. The topological polar surface area (TPSA) is 120 Å². The molecule has 0 spiro atoms. The number of ether oxygens (including phenoxy) is 2. The third-order valence-corrected chi connectivity index (χ3v) is 8.67. The van der Waals surface area contributed by atoms with Gasteiger partial charge in [-0.3, -0.25) is 9.69 Å². The number of nitrogens with one attached hydrogen (secondary N) is 2. The summed E-state index contributed by atoms with van der Waals surface area (Å²) < 4.78 is 11.4. The number of aromatic nitrogens is 1. The zero-order valence-electron chi connectivity index (χ0n) is 22.1. The summed E-state index contributed by atoms with van der Waals surface area (Å²) in [5.74, 6) is 1.68. The second-order valence-electron chi connectivity index (χ2n) is 9.94. The lowest BCUT2D eigenvalue weighted by Gasteiger charge is -2.35. The Labute approximate surface area is 236 Å². The van der Waals surface area contributed by atoms with Crippen molar-refractivity contribution in [2.24, 2.45) is 0 Å². The first-order valence-electron chi connectivity index (χ1n) is 13.1. The van der Waals surface area contributed by atoms with Crippen molar-refractivity contribution < 1.29 is 19.1 Å². The number of likely N-dealkylation sites (tertiary alicyclic amines) is 1. The van der Waals surface area contributed by atoms with Gasteiger partial charge in [0.25, 0.3) is 0 Å². The van der Waals surface area contributed by atoms with Gasteiger partial charge in [0.2, 0.25) is 5.91 Å². The van der Waals surface area contributed by atoms with Crippen LogP contribution in [0.15, 0.2) is 59.8 Å². The lowest BCUT2D eigenvalue weighted by atomic mass is 9.98. The summed E-state index contributed by atoms with van der Waals surface area (Å²) in [4.78, 5) is 34.8. The SMILES string of the molecule is COc1ccccc1Oc1ccc(N2C(=O)NC3c4c2ccnc4SC3C(=O)NC2CCCN(C#N)C2)c(C)c1. The molecule has 2 aromatic carbocycles. The monoisotopic (exact) mass is 556 g/mol. The first kappa shape index (κ1) is 25.8. The Morgan fingerprint density at radius 3 is 2.80 bits per heavy atom. The van der Waals surface area contributed by atoms with Gasteiger partial charge in [0.15, 0.2) is 17.7 Å². The molecular weight excluding hydrogens is 528 g/mol. The molecule has 0 bridgehead atoms. The third kappa shape index (κ3) is 4.64. The van der Waals surface area contributed by atoms with E-state index in [1.807, 2.05) is 55.5 Å². The minimum atomic E-state index is -0.551. The van der Waals surface area contributed by atoms with E-state index in [0.29, 0.717) is 41.7 Å². The third-order valence-electron chi connectivity index (χ3n) is 7.38. The molecule has 10 nitrogen and oxygen atoms in total. The van der Waals surface area contributed by atoms with Crippen molar-refractivity contribution in [3.8, 4) is 23.4 Å². The molecule has 204 valence electrons. The second-order valence-corrected chi connectivity index (χ2v) is 11.1. The molecule has 1 saturated heterocycles. The molecule has 1 fully saturated rings. The molecule has 0 saturated carbocycles. The van der Waals surface area contributed by atoms with Crippen LogP contribution in [-0.4, -0.2) is 53.3 Å². The Morgan fingerprint density at radius 1 is 1.20 bits per heavy atom. The van der Waals surface area contributed by atoms with Gasteiger partial charge in [-0.2, -0.15) is 5.26 Å². The first-order chi connectivity index (χ1) is 19.5. The van der Waals surface area contributed by atoms with E-state index >= 15 is 0 Å². The zero-order chi connectivity index (χ0) is 27.8. The number of amides is 3. The number of piperidine rings is 1. The number of carbonyl (C=O) groups is 2. The fraction of sp³-hybridized carbons (Fsp3) is 0.310. The molecular formula is C29H28N6O4S. The van der Waals surface area contributed by atoms with Crippen LogP contribution in [0, 0.1) is 18.4 Å². The highest BCUT2D eigenvalue weighted by Gasteiger charge is 2.47. The fourth-order valence-electron chi connectivity index (χ4n) is 5.51. The van der Waals surface area contributed by atoms with Crippen molar-refractivity contribution in [2.75, 3.05) is 25.1 Å². The van der Waals surface area contributed by atoms with Gasteiger partial charge >= 0.3 is 6.03 Å². The highest BCUT2D eigenvalue weighted by atomic mass is 32.2. The van der Waals surface area contributed by atoms with E-state index in [0.717, 1.165) is 29.0 Å². The van der Waals surface area contributed by atoms with E-state index in [-0.39, 0.29) is 18.0 Å². The molecule has 11 heteroatoms. The standard InChI is InChI=1S/C29H28N6O4S/c1-17-14-19(39-23-8-4-3-7-22(23)38-2)9-10-20(17)35-21-11-12-31-28-24(21)25(33-29(35)37)26(40-28)27(36)32-18-6-5-13-34(15-18)16-30/h3-4,7-12,14,18,25-26H,5-6,13,15H2,1-2H3,(H,32,36)(H,33,37). The van der Waals surface area contributed by atoms with Crippen molar-refractivity contribution in [1.82, 2.24) is 20.5 Å². The smallest absolute Gasteiger partial charge is 0.327 e. The number of urea groups is 1. The fourth-order valence-corrected chi connectivity index (χ4v) is 6.74. The maximum absolute atomic E-state index is 13.6. The molecule has 3 amide bonds. The number of para-hydroxylation sites is 2. The minimum Gasteiger partial charge on any atom is -0.493 e. The highest BCUT2D eigenvalue weighted by Crippen LogP contribution is 2.51. The van der Waals surface area contributed by atoms with Gasteiger partial charge in [-0.25, -0.2) is 9.78 Å². The molecule has 3 unspecified atom stereocenters. The number of carbonyl (C=O) groups excluding carboxylic acids is 2. The molecule has 3 aliphatic heterocycles. The number of benzene rings is 2. The zero-order valence-corrected chi connectivity index (χ0v) is 22.9. The number of pyridine rings is 1. The highest BCUT2D eigenvalue weighted by molar-refractivity contribution is 8.01. The average molecular weight is 557 g/mol. The Kier molecular flexibility index (Phi) is 6.86. The predicted molar refractivity (Wildman–Crippen MR) is 150 cm³/mol. The number of hydrogen-bond acceptors (Lipinski definition) is 8. The summed E-state index contributed by atoms with van der Waals surface area (Å²) >= 11 is 1.36. The normalized spacial score (nSPS) is 21.2. The number of thioether (sulfide) groups is 1. The summed E-state index contributed by atoms with van der Waals surface area (Å²) in [6, 6.07) is 13.8. The lowest BCUT2D eigenvalue weighted by Crippen LogP contribution is -2.52. The Bertz CT molecular complexity index is 1520. The van der Waals surface area contributed by atoms with Crippen molar-refractivity contribution in [3.05, 3.63) is 65.9 Å². The van der Waals surface area contributed by atoms with E-state index in [2.05, 4.69) is 21.8 Å². The van der Waals surface area contributed by atoms with Gasteiger partial charge in [0.05, 0.1) is 24.5 Å². The summed E-state index contributed by atoms with van der Waals surface area (Å²) in [5, 5.41) is 15.6. The molecule has 1 aromatic heterocycles. The molecule has 3 aliphatic rings. The van der Waals surface area contributed by atoms with Gasteiger partial charge in [0.1, 0.15) is 16.0 Å². The quantitative estimate of drug-likeness (QED) is 0.422. The van der Waals surface area contributed by atoms with Crippen molar-refractivity contribution in [1.29, 1.82) is 5.26 Å². The maximum Gasteiger partial charge on any atom is 0.327 e. The Hall–Kier alpha value is -4.43. The van der Waals surface area contributed by atoms with Gasteiger partial charge in [-0.15, -0.1) is 0 Å². The molecule has 2 N–H and O–H groups in total. The minimum absolute atomic E-state index is 0.104. The largest absolute Gasteiger partial charge is 0.493 e. The molecule has 4 heterocycles. The van der Waals surface area contributed by atoms with E-state index in [1.165, 1.54) is 11.8 Å². The van der Waals surface area contributed by atoms with Crippen LogP contribution < -0.4 is 25.0 Å². The number of nitrogens with zero attached hydrogens (tertiary/aromatic N) is 4. The van der Waals surface area contributed by atoms with Gasteiger partial charge < -0.3 is 25.0 Å². The number of methoxy groups -OCH3 is 1. The second kappa shape index (κ2) is 10.6. The van der Waals surface area contributed by atoms with E-state index in [9.17, 15) is 14.9 Å². The molecule has 3 aromatic rings. The maximum atomic E-state index is 13.6.